The van der Waals surface area contributed by atoms with Crippen LogP contribution in [0.1, 0.15) is 0 Å². The first-order chi connectivity index (χ1) is 3.12. The Bertz CT molecular complexity index is 89.3. The summed E-state index contributed by atoms with van der Waals surface area (Å²) < 4.78 is 14.4. The van der Waals surface area contributed by atoms with E-state index in [4.69, 9.17) is 4.89 Å². The molecule has 1 N–H and O–H groups in total. The fraction of sp³-hybridized carbons (Fsp3) is 1.00. The quantitative estimate of drug-likeness (QED) is 0.483. The average molecular weight is 165 g/mol. The third-order valence-corrected chi connectivity index (χ3v) is 3.22. The molecule has 1 radical (unpaired) electrons. The van der Waals surface area contributed by atoms with Crippen LogP contribution in [0.2, 0.25) is 0 Å². The van der Waals surface area contributed by atoms with Crippen molar-refractivity contribution in [1.29, 1.82) is 0 Å². The molecule has 45 valence electrons. The summed E-state index contributed by atoms with van der Waals surface area (Å²) in [5, 5.41) is 0. The van der Waals surface area contributed by atoms with Gasteiger partial charge in [0.1, 0.15) is 0 Å². The van der Waals surface area contributed by atoms with Gasteiger partial charge in [-0.2, -0.15) is 0 Å². The predicted molar refractivity (Wildman–Crippen MR) is 36.1 cm³/mol. The Labute approximate surface area is 74.8 Å². The minimum Gasteiger partial charge on any atom is -0.316 e. The van der Waals surface area contributed by atoms with E-state index in [1.165, 1.54) is 13.4 Å². The van der Waals surface area contributed by atoms with Crippen molar-refractivity contribution >= 4 is 47.7 Å². The summed E-state index contributed by atoms with van der Waals surface area (Å²) in [6.07, 6.45) is 1.52. The van der Waals surface area contributed by atoms with Gasteiger partial charge in [0.2, 0.25) is 0 Å². The Morgan fingerprint density at radius 2 is 2.12 bits per heavy atom. The van der Waals surface area contributed by atoms with Gasteiger partial charge in [0.15, 0.2) is 0 Å². The minimum absolute atomic E-state index is 0. The molecule has 0 heterocycles. The second-order valence-electron chi connectivity index (χ2n) is 0.834. The Morgan fingerprint density at radius 3 is 2.12 bits per heavy atom. The van der Waals surface area contributed by atoms with Gasteiger partial charge >= 0.3 is 6.80 Å². The predicted octanol–water partition coefficient (Wildman–Crippen LogP) is 0.715. The van der Waals surface area contributed by atoms with Gasteiger partial charge in [0.25, 0.3) is 0 Å². The van der Waals surface area contributed by atoms with Gasteiger partial charge in [0.05, 0.1) is 0 Å². The maximum Gasteiger partial charge on any atom is 0.386 e. The van der Waals surface area contributed by atoms with Crippen molar-refractivity contribution in [2.45, 2.75) is 0 Å². The zero-order chi connectivity index (χ0) is 5.91. The molecule has 0 aromatic carbocycles. The molecule has 0 aliphatic heterocycles. The Balaban J connectivity index is 0. The molecule has 0 aromatic rings. The Morgan fingerprint density at radius 1 is 1.75 bits per heavy atom. The average Bonchev–Trinajstić information content (AvgIpc) is 1.68. The van der Waals surface area contributed by atoms with Gasteiger partial charge in [-0.05, 0) is 17.6 Å². The van der Waals surface area contributed by atoms with Crippen LogP contribution in [-0.4, -0.2) is 47.8 Å². The van der Waals surface area contributed by atoms with Crippen molar-refractivity contribution in [2.24, 2.45) is 0 Å². The van der Waals surface area contributed by atoms with E-state index < -0.39 is 6.80 Å². The van der Waals surface area contributed by atoms with Crippen LogP contribution in [0.15, 0.2) is 0 Å². The van der Waals surface area contributed by atoms with Crippen LogP contribution in [0.3, 0.4) is 0 Å². The first-order valence-electron chi connectivity index (χ1n) is 1.56. The second kappa shape index (κ2) is 5.30. The maximum atomic E-state index is 10.2. The van der Waals surface area contributed by atoms with E-state index in [2.05, 4.69) is 4.52 Å². The van der Waals surface area contributed by atoms with Gasteiger partial charge in [-0.1, -0.05) is 0 Å². The monoisotopic (exact) mass is 165 g/mol. The summed E-state index contributed by atoms with van der Waals surface area (Å²) in [4.78, 5) is 8.43. The first-order valence-corrected chi connectivity index (χ1v) is 4.97. The summed E-state index contributed by atoms with van der Waals surface area (Å²) in [5.41, 5.74) is 0. The van der Waals surface area contributed by atoms with Crippen LogP contribution >= 0.6 is 18.2 Å². The molecule has 0 bridgehead atoms. The number of hydrogen-bond donors (Lipinski definition) is 1. The van der Waals surface area contributed by atoms with E-state index in [1.807, 2.05) is 0 Å². The standard InChI is InChI=1S/C2H7O3PS.Na/c1-5-6(3,4)7-2;/h1-2H3,(H,3,4);. The maximum absolute atomic E-state index is 10.2. The fourth-order valence-corrected chi connectivity index (χ4v) is 0.671. The van der Waals surface area contributed by atoms with Crippen LogP contribution in [0.5, 0.6) is 0 Å². The van der Waals surface area contributed by atoms with Gasteiger partial charge in [0, 0.05) is 36.7 Å². The van der Waals surface area contributed by atoms with Crippen LogP contribution in [0.4, 0.5) is 0 Å². The molecule has 0 saturated heterocycles. The summed E-state index contributed by atoms with van der Waals surface area (Å²) in [7, 11) is 1.21. The third kappa shape index (κ3) is 5.63. The summed E-state index contributed by atoms with van der Waals surface area (Å²) in [5.74, 6) is 0. The zero-order valence-electron chi connectivity index (χ0n) is 5.12. The molecular weight excluding hydrogens is 158 g/mol. The normalized spacial score (nSPS) is 16.4. The van der Waals surface area contributed by atoms with Crippen LogP contribution in [-0.2, 0) is 9.09 Å². The summed E-state index contributed by atoms with van der Waals surface area (Å²) >= 11 is 0.816. The largest absolute Gasteiger partial charge is 0.386 e. The van der Waals surface area contributed by atoms with Gasteiger partial charge < -0.3 is 9.42 Å². The van der Waals surface area contributed by atoms with E-state index >= 15 is 0 Å². The molecule has 3 nitrogen and oxygen atoms in total. The van der Waals surface area contributed by atoms with Crippen molar-refractivity contribution in [2.75, 3.05) is 13.4 Å². The molecule has 6 heteroatoms. The van der Waals surface area contributed by atoms with E-state index in [1.54, 1.807) is 0 Å². The molecule has 0 spiro atoms. The van der Waals surface area contributed by atoms with E-state index in [-0.39, 0.29) is 29.6 Å². The van der Waals surface area contributed by atoms with Crippen molar-refractivity contribution < 1.29 is 14.0 Å². The van der Waals surface area contributed by atoms with Crippen LogP contribution in [0, 0.1) is 0 Å². The molecule has 0 aliphatic rings. The van der Waals surface area contributed by atoms with Gasteiger partial charge in [-0.25, -0.2) is 4.57 Å². The zero-order valence-corrected chi connectivity index (χ0v) is 8.83. The van der Waals surface area contributed by atoms with Crippen molar-refractivity contribution in [1.82, 2.24) is 0 Å². The summed E-state index contributed by atoms with van der Waals surface area (Å²) in [6.45, 7) is -3.24. The fourth-order valence-electron chi connectivity index (χ4n) is 0.0745. The molecule has 8 heavy (non-hydrogen) atoms. The topological polar surface area (TPSA) is 46.5 Å². The molecule has 0 aliphatic carbocycles. The van der Waals surface area contributed by atoms with E-state index in [0.29, 0.717) is 0 Å². The first kappa shape index (κ1) is 12.2. The van der Waals surface area contributed by atoms with Crippen molar-refractivity contribution in [3.05, 3.63) is 0 Å². The molecule has 1 unspecified atom stereocenters. The molecule has 0 rings (SSSR count). The van der Waals surface area contributed by atoms with Crippen LogP contribution in [0.25, 0.3) is 0 Å². The SMILES string of the molecule is COP(=O)(O)SC.[Na]. The van der Waals surface area contributed by atoms with E-state index in [9.17, 15) is 4.57 Å². The number of rotatable bonds is 2. The number of hydrogen-bond acceptors (Lipinski definition) is 3. The summed E-state index contributed by atoms with van der Waals surface area (Å²) in [6, 6.07) is 0. The van der Waals surface area contributed by atoms with Gasteiger partial charge in [-0.15, -0.1) is 0 Å². The van der Waals surface area contributed by atoms with Crippen LogP contribution < -0.4 is 0 Å². The molecule has 0 amide bonds. The van der Waals surface area contributed by atoms with Gasteiger partial charge in [-0.3, -0.25) is 0 Å². The third-order valence-electron chi connectivity index (χ3n) is 0.461. The second-order valence-corrected chi connectivity index (χ2v) is 4.98. The molecule has 1 atom stereocenters. The smallest absolute Gasteiger partial charge is 0.316 e. The molecule has 0 saturated carbocycles. The Kier molecular flexibility index (Phi) is 8.08. The molecule has 0 aromatic heterocycles. The molecular formula is C2H7NaO3PS. The molecule has 0 fully saturated rings. The Hall–Kier alpha value is 1.50. The minimum atomic E-state index is -3.24. The van der Waals surface area contributed by atoms with Crippen molar-refractivity contribution in [3.8, 4) is 0 Å². The van der Waals surface area contributed by atoms with Crippen molar-refractivity contribution in [3.63, 3.8) is 0 Å². The van der Waals surface area contributed by atoms with E-state index in [0.717, 1.165) is 11.4 Å².